The number of carbonyl (C=O) groups is 4. The average molecular weight is 844 g/mol. The molecule has 3 heterocycles. The summed E-state index contributed by atoms with van der Waals surface area (Å²) in [5, 5.41) is 13.7. The Kier molecular flexibility index (Phi) is 14.7. The summed E-state index contributed by atoms with van der Waals surface area (Å²) >= 11 is 0. The SMILES string of the molecule is CCCCCC1(CCCCC)O[C@@H]2[C@H](O1)[C@H]1ON(Cc3ccc(C=CC(=O)OCC(F)(F)F)cc3)[C@@H]3C(=O)O[C@@H]2C[C@]13C(=O)N(C)[C@H](Cc1ccccc1)C(=O)NCCO. The molecule has 16 heteroatoms. The molecule has 3 saturated heterocycles. The normalized spacial score (nSPS) is 26.1. The van der Waals surface area contributed by atoms with E-state index in [1.807, 2.05) is 30.3 Å². The summed E-state index contributed by atoms with van der Waals surface area (Å²) in [7, 11) is 1.55. The van der Waals surface area contributed by atoms with Gasteiger partial charge in [0, 0.05) is 45.4 Å². The van der Waals surface area contributed by atoms with Gasteiger partial charge in [-0.05, 0) is 35.6 Å². The van der Waals surface area contributed by atoms with Crippen molar-refractivity contribution in [3.63, 3.8) is 0 Å². The smallest absolute Gasteiger partial charge is 0.422 e. The van der Waals surface area contributed by atoms with Gasteiger partial charge < -0.3 is 34.3 Å². The predicted molar refractivity (Wildman–Crippen MR) is 211 cm³/mol. The molecule has 0 unspecified atom stereocenters. The first-order valence-corrected chi connectivity index (χ1v) is 20.9. The quantitative estimate of drug-likeness (QED) is 0.0999. The molecule has 328 valence electrons. The third kappa shape index (κ3) is 10.0. The highest BCUT2D eigenvalue weighted by atomic mass is 19.4. The van der Waals surface area contributed by atoms with Gasteiger partial charge in [0.1, 0.15) is 35.9 Å². The number of ether oxygens (including phenoxy) is 4. The van der Waals surface area contributed by atoms with E-state index in [4.69, 9.17) is 19.0 Å². The standard InChI is InChI=1S/C44H56F3N3O10/c1-4-6-11-21-42(22-12-7-5-2)58-35-33-26-43(41(55)49(3)32(39(53)48-23-24-51)25-30-13-9-8-10-14-30)37(40(54)57-33)50(60-38(43)36(35)59-42)27-31-17-15-29(16-18-31)19-20-34(52)56-28-44(45,46)47/h8-10,13-20,32-33,35-38,51H,4-7,11-12,21-28H2,1-3H3,(H,48,53)/t32-,33-,35+,36+,37-,38-,43-/m1/s1. The molecule has 2 aromatic carbocycles. The molecule has 3 aliphatic heterocycles. The van der Waals surface area contributed by atoms with E-state index in [1.165, 1.54) is 16.0 Å². The molecule has 2 aromatic rings. The number of hydrogen-bond donors (Lipinski definition) is 2. The third-order valence-electron chi connectivity index (χ3n) is 11.9. The molecule has 2 bridgehead atoms. The second kappa shape index (κ2) is 19.6. The summed E-state index contributed by atoms with van der Waals surface area (Å²) in [6, 6.07) is 13.7. The number of esters is 2. The van der Waals surface area contributed by atoms with E-state index in [0.717, 1.165) is 50.2 Å². The van der Waals surface area contributed by atoms with Gasteiger partial charge in [0.15, 0.2) is 18.4 Å². The Labute approximate surface area is 348 Å². The van der Waals surface area contributed by atoms with Gasteiger partial charge in [-0.1, -0.05) is 94.1 Å². The van der Waals surface area contributed by atoms with Crippen molar-refractivity contribution in [3.05, 3.63) is 77.4 Å². The number of amides is 2. The molecule has 6 rings (SSSR count). The Hall–Kier alpha value is -4.35. The molecular weight excluding hydrogens is 787 g/mol. The maximum absolute atomic E-state index is 15.5. The number of unbranched alkanes of at least 4 members (excludes halogenated alkanes) is 4. The fraction of sp³-hybridized carbons (Fsp3) is 0.591. The Bertz CT molecular complexity index is 1820. The Balaban J connectivity index is 1.34. The Morgan fingerprint density at radius 2 is 1.65 bits per heavy atom. The molecule has 7 atom stereocenters. The largest absolute Gasteiger partial charge is 0.458 e. The lowest BCUT2D eigenvalue weighted by Crippen LogP contribution is -2.70. The summed E-state index contributed by atoms with van der Waals surface area (Å²) in [5.41, 5.74) is 0.388. The zero-order chi connectivity index (χ0) is 43.1. The fourth-order valence-electron chi connectivity index (χ4n) is 8.97. The number of nitrogens with one attached hydrogen (secondary N) is 1. The van der Waals surface area contributed by atoms with E-state index in [0.29, 0.717) is 24.0 Å². The molecular formula is C44H56F3N3O10. The first-order chi connectivity index (χ1) is 28.7. The van der Waals surface area contributed by atoms with Crippen LogP contribution in [0.3, 0.4) is 0 Å². The topological polar surface area (TPSA) is 153 Å². The first-order valence-electron chi connectivity index (χ1n) is 20.9. The lowest BCUT2D eigenvalue weighted by Gasteiger charge is -2.50. The monoisotopic (exact) mass is 843 g/mol. The molecule has 0 aromatic heterocycles. The van der Waals surface area contributed by atoms with Crippen molar-refractivity contribution >= 4 is 29.8 Å². The van der Waals surface area contributed by atoms with Gasteiger partial charge in [0.05, 0.1) is 13.2 Å². The highest BCUT2D eigenvalue weighted by Crippen LogP contribution is 2.58. The molecule has 1 saturated carbocycles. The van der Waals surface area contributed by atoms with E-state index in [2.05, 4.69) is 23.9 Å². The number of hydrogen-bond acceptors (Lipinski definition) is 11. The fourth-order valence-corrected chi connectivity index (χ4v) is 8.97. The molecule has 60 heavy (non-hydrogen) atoms. The van der Waals surface area contributed by atoms with Crippen LogP contribution in [0.1, 0.15) is 88.3 Å². The third-order valence-corrected chi connectivity index (χ3v) is 11.9. The van der Waals surface area contributed by atoms with Crippen LogP contribution in [-0.2, 0) is 55.9 Å². The van der Waals surface area contributed by atoms with E-state index >= 15 is 4.79 Å². The van der Waals surface area contributed by atoms with Crippen LogP contribution in [0, 0.1) is 5.41 Å². The van der Waals surface area contributed by atoms with E-state index in [-0.39, 0.29) is 32.5 Å². The van der Waals surface area contributed by atoms with E-state index in [9.17, 15) is 32.7 Å². The number of hydroxylamine groups is 2. The summed E-state index contributed by atoms with van der Waals surface area (Å²) in [4.78, 5) is 63.6. The minimum absolute atomic E-state index is 0.0120. The van der Waals surface area contributed by atoms with Crippen LogP contribution in [0.4, 0.5) is 13.2 Å². The van der Waals surface area contributed by atoms with Crippen molar-refractivity contribution in [3.8, 4) is 0 Å². The summed E-state index contributed by atoms with van der Waals surface area (Å²) in [5.74, 6) is -3.76. The number of alkyl halides is 3. The van der Waals surface area contributed by atoms with Gasteiger partial charge in [-0.15, -0.1) is 0 Å². The number of fused-ring (bicyclic) bond motifs is 4. The van der Waals surface area contributed by atoms with Crippen LogP contribution in [-0.4, -0.2) is 114 Å². The minimum atomic E-state index is -4.65. The lowest BCUT2D eigenvalue weighted by atomic mass is 9.62. The predicted octanol–water partition coefficient (Wildman–Crippen LogP) is 5.42. The second-order valence-electron chi connectivity index (χ2n) is 16.1. The molecule has 13 nitrogen and oxygen atoms in total. The van der Waals surface area contributed by atoms with Crippen molar-refractivity contribution in [1.82, 2.24) is 15.3 Å². The summed E-state index contributed by atoms with van der Waals surface area (Å²) in [6.45, 7) is 2.24. The number of rotatable bonds is 20. The Morgan fingerprint density at radius 1 is 0.983 bits per heavy atom. The Morgan fingerprint density at radius 3 is 2.28 bits per heavy atom. The number of likely N-dealkylation sites (N-methyl/N-ethyl adjacent to an activating group) is 1. The van der Waals surface area contributed by atoms with E-state index < -0.39 is 84.2 Å². The zero-order valence-corrected chi connectivity index (χ0v) is 34.4. The van der Waals surface area contributed by atoms with Crippen molar-refractivity contribution in [2.75, 3.05) is 26.8 Å². The van der Waals surface area contributed by atoms with Gasteiger partial charge in [-0.25, -0.2) is 4.79 Å². The van der Waals surface area contributed by atoms with Crippen molar-refractivity contribution in [1.29, 1.82) is 0 Å². The van der Waals surface area contributed by atoms with Gasteiger partial charge in [-0.2, -0.15) is 18.2 Å². The van der Waals surface area contributed by atoms with Crippen LogP contribution in [0.2, 0.25) is 0 Å². The number of nitrogens with zero attached hydrogens (tertiary/aromatic N) is 2. The van der Waals surface area contributed by atoms with Crippen molar-refractivity contribution in [2.24, 2.45) is 5.41 Å². The molecule has 4 aliphatic rings. The van der Waals surface area contributed by atoms with Gasteiger partial charge in [-0.3, -0.25) is 19.2 Å². The molecule has 2 N–H and O–H groups in total. The summed E-state index contributed by atoms with van der Waals surface area (Å²) < 4.78 is 61.7. The minimum Gasteiger partial charge on any atom is -0.458 e. The average Bonchev–Trinajstić information content (AvgIpc) is 3.79. The van der Waals surface area contributed by atoms with Crippen LogP contribution >= 0.6 is 0 Å². The zero-order valence-electron chi connectivity index (χ0n) is 34.4. The number of halogens is 3. The molecule has 0 spiro atoms. The van der Waals surface area contributed by atoms with Crippen LogP contribution in [0.5, 0.6) is 0 Å². The highest BCUT2D eigenvalue weighted by Gasteiger charge is 2.76. The number of carbonyl (C=O) groups excluding carboxylic acids is 4. The van der Waals surface area contributed by atoms with Crippen molar-refractivity contribution in [2.45, 2.75) is 133 Å². The molecule has 4 fully saturated rings. The highest BCUT2D eigenvalue weighted by molar-refractivity contribution is 5.96. The van der Waals surface area contributed by atoms with Gasteiger partial charge >= 0.3 is 18.1 Å². The second-order valence-corrected chi connectivity index (χ2v) is 16.1. The molecule has 0 radical (unpaired) electrons. The maximum Gasteiger partial charge on any atom is 0.422 e. The van der Waals surface area contributed by atoms with Crippen molar-refractivity contribution < 1.29 is 61.2 Å². The van der Waals surface area contributed by atoms with Crippen LogP contribution in [0.25, 0.3) is 6.08 Å². The number of aliphatic hydroxyl groups excluding tert-OH is 1. The molecule has 2 amide bonds. The number of benzene rings is 2. The van der Waals surface area contributed by atoms with Gasteiger partial charge in [0.25, 0.3) is 0 Å². The van der Waals surface area contributed by atoms with E-state index in [1.54, 1.807) is 31.3 Å². The van der Waals surface area contributed by atoms with Crippen LogP contribution < -0.4 is 5.32 Å². The summed E-state index contributed by atoms with van der Waals surface area (Å²) in [6.07, 6.45) is 1.29. The number of aliphatic hydroxyl groups is 1. The lowest BCUT2D eigenvalue weighted by molar-refractivity contribution is -0.225. The maximum atomic E-state index is 15.5. The van der Waals surface area contributed by atoms with Crippen LogP contribution in [0.15, 0.2) is 60.7 Å². The first kappa shape index (κ1) is 45.2. The molecule has 1 aliphatic carbocycles. The van der Waals surface area contributed by atoms with Gasteiger partial charge in [0.2, 0.25) is 11.8 Å².